The van der Waals surface area contributed by atoms with Crippen LogP contribution in [-0.2, 0) is 4.74 Å². The maximum absolute atomic E-state index is 9.08. The van der Waals surface area contributed by atoms with Crippen LogP contribution in [0.4, 0.5) is 0 Å². The van der Waals surface area contributed by atoms with Crippen molar-refractivity contribution in [2.75, 3.05) is 26.2 Å². The van der Waals surface area contributed by atoms with Gasteiger partial charge in [0, 0.05) is 32.3 Å². The number of hydrogen-bond acceptors (Lipinski definition) is 4. The first-order valence-electron chi connectivity index (χ1n) is 6.77. The summed E-state index contributed by atoms with van der Waals surface area (Å²) in [6, 6.07) is 3.02. The maximum Gasteiger partial charge on any atom is 0.0967 e. The van der Waals surface area contributed by atoms with Gasteiger partial charge in [-0.3, -0.25) is 5.32 Å². The Labute approximate surface area is 104 Å². The van der Waals surface area contributed by atoms with Crippen LogP contribution >= 0.6 is 0 Å². The molecule has 4 nitrogen and oxygen atoms in total. The summed E-state index contributed by atoms with van der Waals surface area (Å²) in [4.78, 5) is 2.43. The van der Waals surface area contributed by atoms with Gasteiger partial charge in [-0.1, -0.05) is 0 Å². The van der Waals surface area contributed by atoms with Gasteiger partial charge in [0.25, 0.3) is 0 Å². The monoisotopic (exact) mass is 237 g/mol. The summed E-state index contributed by atoms with van der Waals surface area (Å²) in [5.41, 5.74) is 0. The van der Waals surface area contributed by atoms with Crippen molar-refractivity contribution in [3.8, 4) is 6.07 Å². The summed E-state index contributed by atoms with van der Waals surface area (Å²) >= 11 is 0. The van der Waals surface area contributed by atoms with E-state index in [4.69, 9.17) is 10.00 Å². The molecule has 1 saturated carbocycles. The van der Waals surface area contributed by atoms with Crippen LogP contribution in [0.15, 0.2) is 0 Å². The number of ether oxygens (including phenoxy) is 1. The van der Waals surface area contributed by atoms with Gasteiger partial charge < -0.3 is 9.64 Å². The van der Waals surface area contributed by atoms with E-state index in [1.54, 1.807) is 0 Å². The summed E-state index contributed by atoms with van der Waals surface area (Å²) in [6.45, 7) is 6.11. The standard InChI is InChI=1S/C13H23N3O/c1-11-10-16(6-2-8-17-11)7-5-13(9-14)15-12-3-4-12/h11-13,15H,2-8,10H2,1H3. The lowest BCUT2D eigenvalue weighted by atomic mass is 10.2. The topological polar surface area (TPSA) is 48.3 Å². The van der Waals surface area contributed by atoms with E-state index < -0.39 is 0 Å². The van der Waals surface area contributed by atoms with E-state index in [1.165, 1.54) is 12.8 Å². The van der Waals surface area contributed by atoms with Crippen LogP contribution in [0.2, 0.25) is 0 Å². The number of nitriles is 1. The third kappa shape index (κ3) is 4.63. The van der Waals surface area contributed by atoms with Gasteiger partial charge in [0.05, 0.1) is 18.2 Å². The number of rotatable bonds is 5. The number of nitrogens with zero attached hydrogens (tertiary/aromatic N) is 2. The summed E-state index contributed by atoms with van der Waals surface area (Å²) < 4.78 is 5.62. The molecule has 1 N–H and O–H groups in total. The Kier molecular flexibility index (Phi) is 4.78. The zero-order valence-corrected chi connectivity index (χ0v) is 10.7. The van der Waals surface area contributed by atoms with Crippen LogP contribution in [0.1, 0.15) is 32.6 Å². The molecule has 2 fully saturated rings. The van der Waals surface area contributed by atoms with Gasteiger partial charge in [0.1, 0.15) is 0 Å². The molecular formula is C13H23N3O. The van der Waals surface area contributed by atoms with Crippen molar-refractivity contribution in [3.63, 3.8) is 0 Å². The van der Waals surface area contributed by atoms with Crippen molar-refractivity contribution in [1.82, 2.24) is 10.2 Å². The predicted octanol–water partition coefficient (Wildman–Crippen LogP) is 1.13. The Morgan fingerprint density at radius 1 is 1.53 bits per heavy atom. The van der Waals surface area contributed by atoms with Crippen molar-refractivity contribution in [1.29, 1.82) is 5.26 Å². The second-order valence-electron chi connectivity index (χ2n) is 5.25. The largest absolute Gasteiger partial charge is 0.377 e. The van der Waals surface area contributed by atoms with Crippen LogP contribution in [0.5, 0.6) is 0 Å². The van der Waals surface area contributed by atoms with E-state index >= 15 is 0 Å². The van der Waals surface area contributed by atoms with Gasteiger partial charge in [0.15, 0.2) is 0 Å². The molecule has 0 bridgehead atoms. The van der Waals surface area contributed by atoms with Gasteiger partial charge in [-0.15, -0.1) is 0 Å². The van der Waals surface area contributed by atoms with E-state index in [2.05, 4.69) is 23.2 Å². The molecule has 1 aliphatic heterocycles. The van der Waals surface area contributed by atoms with Crippen molar-refractivity contribution in [2.24, 2.45) is 0 Å². The molecule has 1 heterocycles. The average molecular weight is 237 g/mol. The molecule has 0 aromatic rings. The zero-order valence-electron chi connectivity index (χ0n) is 10.7. The Morgan fingerprint density at radius 3 is 3.06 bits per heavy atom. The maximum atomic E-state index is 9.08. The van der Waals surface area contributed by atoms with Gasteiger partial charge in [-0.25, -0.2) is 0 Å². The molecule has 0 aromatic heterocycles. The average Bonchev–Trinajstić information content (AvgIpc) is 3.13. The van der Waals surface area contributed by atoms with E-state index in [9.17, 15) is 0 Å². The smallest absolute Gasteiger partial charge is 0.0967 e. The van der Waals surface area contributed by atoms with Crippen molar-refractivity contribution in [2.45, 2.75) is 50.8 Å². The molecule has 2 atom stereocenters. The second kappa shape index (κ2) is 6.34. The molecule has 1 aliphatic carbocycles. The highest BCUT2D eigenvalue weighted by Crippen LogP contribution is 2.20. The summed E-state index contributed by atoms with van der Waals surface area (Å²) in [5.74, 6) is 0. The molecule has 1 saturated heterocycles. The molecule has 0 spiro atoms. The third-order valence-corrected chi connectivity index (χ3v) is 3.44. The second-order valence-corrected chi connectivity index (χ2v) is 5.25. The highest BCUT2D eigenvalue weighted by Gasteiger charge is 2.25. The first kappa shape index (κ1) is 12.8. The van der Waals surface area contributed by atoms with Crippen LogP contribution < -0.4 is 5.32 Å². The highest BCUT2D eigenvalue weighted by molar-refractivity contribution is 4.96. The van der Waals surface area contributed by atoms with Crippen LogP contribution in [0.25, 0.3) is 0 Å². The quantitative estimate of drug-likeness (QED) is 0.779. The van der Waals surface area contributed by atoms with Crippen molar-refractivity contribution in [3.05, 3.63) is 0 Å². The molecule has 96 valence electrons. The molecule has 0 radical (unpaired) electrons. The molecule has 0 aromatic carbocycles. The number of hydrogen-bond donors (Lipinski definition) is 1. The summed E-state index contributed by atoms with van der Waals surface area (Å²) in [5, 5.41) is 12.5. The lowest BCUT2D eigenvalue weighted by molar-refractivity contribution is 0.0674. The highest BCUT2D eigenvalue weighted by atomic mass is 16.5. The van der Waals surface area contributed by atoms with Gasteiger partial charge in [-0.05, 0) is 32.6 Å². The van der Waals surface area contributed by atoms with E-state index in [-0.39, 0.29) is 6.04 Å². The third-order valence-electron chi connectivity index (χ3n) is 3.44. The SMILES string of the molecule is CC1CN(CCC(C#N)NC2CC2)CCCO1. The Morgan fingerprint density at radius 2 is 2.35 bits per heavy atom. The van der Waals surface area contributed by atoms with Crippen LogP contribution in [0, 0.1) is 11.3 Å². The molecule has 4 heteroatoms. The van der Waals surface area contributed by atoms with Gasteiger partial charge >= 0.3 is 0 Å². The van der Waals surface area contributed by atoms with Crippen LogP contribution in [0.3, 0.4) is 0 Å². The minimum Gasteiger partial charge on any atom is -0.377 e. The lowest BCUT2D eigenvalue weighted by Crippen LogP contribution is -2.36. The van der Waals surface area contributed by atoms with Gasteiger partial charge in [0.2, 0.25) is 0 Å². The molecule has 2 aliphatic rings. The summed E-state index contributed by atoms with van der Waals surface area (Å²) in [7, 11) is 0. The zero-order chi connectivity index (χ0) is 12.1. The fourth-order valence-corrected chi connectivity index (χ4v) is 2.31. The van der Waals surface area contributed by atoms with E-state index in [0.717, 1.165) is 39.1 Å². The summed E-state index contributed by atoms with van der Waals surface area (Å²) in [6.07, 6.45) is 4.85. The first-order chi connectivity index (χ1) is 8.28. The minimum absolute atomic E-state index is 0.0296. The van der Waals surface area contributed by atoms with Gasteiger partial charge in [-0.2, -0.15) is 5.26 Å². The molecule has 17 heavy (non-hydrogen) atoms. The Bertz CT molecular complexity index is 272. The lowest BCUT2D eigenvalue weighted by Gasteiger charge is -2.23. The Hall–Kier alpha value is -0.630. The normalized spacial score (nSPS) is 28.4. The Balaban J connectivity index is 1.69. The van der Waals surface area contributed by atoms with Crippen LogP contribution in [-0.4, -0.2) is 49.3 Å². The van der Waals surface area contributed by atoms with Crippen molar-refractivity contribution < 1.29 is 4.74 Å². The predicted molar refractivity (Wildman–Crippen MR) is 66.6 cm³/mol. The minimum atomic E-state index is 0.0296. The molecule has 2 unspecified atom stereocenters. The molecule has 2 rings (SSSR count). The van der Waals surface area contributed by atoms with E-state index in [1.807, 2.05) is 0 Å². The first-order valence-corrected chi connectivity index (χ1v) is 6.77. The van der Waals surface area contributed by atoms with Crippen molar-refractivity contribution >= 4 is 0 Å². The van der Waals surface area contributed by atoms with E-state index in [0.29, 0.717) is 12.1 Å². The fraction of sp³-hybridized carbons (Fsp3) is 0.923. The number of nitrogens with one attached hydrogen (secondary N) is 1. The molecule has 0 amide bonds. The molecular weight excluding hydrogens is 214 g/mol. The fourth-order valence-electron chi connectivity index (χ4n) is 2.31.